The molecule has 0 spiro atoms. The van der Waals surface area contributed by atoms with Crippen molar-refractivity contribution in [2.45, 2.75) is 62.7 Å². The van der Waals surface area contributed by atoms with Crippen molar-refractivity contribution in [1.29, 1.82) is 0 Å². The lowest BCUT2D eigenvalue weighted by atomic mass is 9.92. The van der Waals surface area contributed by atoms with Gasteiger partial charge in [0, 0.05) is 50.3 Å². The zero-order valence-corrected chi connectivity index (χ0v) is 19.6. The smallest absolute Gasteiger partial charge is 0.242 e. The third-order valence-corrected chi connectivity index (χ3v) is 8.38. The first-order valence-corrected chi connectivity index (χ1v) is 12.5. The average Bonchev–Trinajstić information content (AvgIpc) is 3.16. The number of hydrogen-bond acceptors (Lipinski definition) is 5. The number of rotatable bonds is 6. The zero-order chi connectivity index (χ0) is 22.2. The van der Waals surface area contributed by atoms with E-state index in [9.17, 15) is 8.42 Å². The lowest BCUT2D eigenvalue weighted by Gasteiger charge is -2.34. The van der Waals surface area contributed by atoms with Crippen molar-refractivity contribution in [3.8, 4) is 5.75 Å². The Bertz CT molecular complexity index is 1040. The van der Waals surface area contributed by atoms with Gasteiger partial charge in [0.1, 0.15) is 11.9 Å². The summed E-state index contributed by atoms with van der Waals surface area (Å²) in [4.78, 5) is 0.382. The molecule has 0 saturated carbocycles. The van der Waals surface area contributed by atoms with Crippen molar-refractivity contribution in [3.05, 3.63) is 58.7 Å². The van der Waals surface area contributed by atoms with Crippen molar-refractivity contribution < 1.29 is 13.2 Å². The van der Waals surface area contributed by atoms with Crippen LogP contribution in [0, 0.1) is 6.92 Å². The van der Waals surface area contributed by atoms with E-state index < -0.39 is 10.0 Å². The standard InChI is InChI=1S/C24H33N3O3S/c1-16-13-20-17(2)22(31(28,29)27(3)4)14-19(24(20)30-16)15-26-21-11-8-12-25-23(21)18-9-6-5-7-10-18/h5-7,9-10,14,16,21,23,25-26H,8,11-13,15H2,1-4H3/t16?,21-,23-/m0/s1. The van der Waals surface area contributed by atoms with Crippen LogP contribution in [0.2, 0.25) is 0 Å². The number of nitrogens with zero attached hydrogens (tertiary/aromatic N) is 1. The highest BCUT2D eigenvalue weighted by atomic mass is 32.2. The van der Waals surface area contributed by atoms with E-state index in [-0.39, 0.29) is 18.2 Å². The second-order valence-electron chi connectivity index (χ2n) is 8.86. The van der Waals surface area contributed by atoms with Crippen LogP contribution >= 0.6 is 0 Å². The van der Waals surface area contributed by atoms with Crippen molar-refractivity contribution >= 4 is 10.0 Å². The van der Waals surface area contributed by atoms with Gasteiger partial charge >= 0.3 is 0 Å². The maximum absolute atomic E-state index is 13.0. The van der Waals surface area contributed by atoms with Crippen LogP contribution in [0.15, 0.2) is 41.3 Å². The molecule has 0 radical (unpaired) electrons. The Kier molecular flexibility index (Phi) is 6.40. The number of fused-ring (bicyclic) bond motifs is 1. The van der Waals surface area contributed by atoms with Gasteiger partial charge in [0.25, 0.3) is 0 Å². The molecule has 1 unspecified atom stereocenters. The minimum absolute atomic E-state index is 0.0539. The SMILES string of the molecule is Cc1c(S(=O)(=O)N(C)C)cc(CN[C@H]2CCCN[C@H]2c2ccccc2)c2c1CC(C)O2. The van der Waals surface area contributed by atoms with Gasteiger partial charge in [0.2, 0.25) is 10.0 Å². The molecule has 4 rings (SSSR count). The molecule has 0 aromatic heterocycles. The van der Waals surface area contributed by atoms with Gasteiger partial charge in [-0.25, -0.2) is 12.7 Å². The van der Waals surface area contributed by atoms with Crippen LogP contribution in [0.25, 0.3) is 0 Å². The van der Waals surface area contributed by atoms with Gasteiger partial charge in [-0.05, 0) is 50.4 Å². The van der Waals surface area contributed by atoms with Gasteiger partial charge in [-0.15, -0.1) is 0 Å². The maximum atomic E-state index is 13.0. The molecule has 0 amide bonds. The van der Waals surface area contributed by atoms with Crippen LogP contribution < -0.4 is 15.4 Å². The van der Waals surface area contributed by atoms with Gasteiger partial charge in [-0.1, -0.05) is 30.3 Å². The number of sulfonamides is 1. The Morgan fingerprint density at radius 2 is 1.97 bits per heavy atom. The largest absolute Gasteiger partial charge is 0.490 e. The summed E-state index contributed by atoms with van der Waals surface area (Å²) in [5.41, 5.74) is 4.02. The van der Waals surface area contributed by atoms with Crippen LogP contribution in [0.4, 0.5) is 0 Å². The quantitative estimate of drug-likeness (QED) is 0.718. The average molecular weight is 444 g/mol. The van der Waals surface area contributed by atoms with E-state index in [1.807, 2.05) is 26.0 Å². The van der Waals surface area contributed by atoms with Crippen LogP contribution in [0.5, 0.6) is 5.75 Å². The molecule has 6 nitrogen and oxygen atoms in total. The molecule has 3 atom stereocenters. The number of ether oxygens (including phenoxy) is 1. The lowest BCUT2D eigenvalue weighted by molar-refractivity contribution is 0.250. The Morgan fingerprint density at radius 3 is 2.68 bits per heavy atom. The third kappa shape index (κ3) is 4.37. The monoisotopic (exact) mass is 443 g/mol. The Morgan fingerprint density at radius 1 is 1.23 bits per heavy atom. The molecule has 1 saturated heterocycles. The Hall–Kier alpha value is -1.93. The summed E-state index contributed by atoms with van der Waals surface area (Å²) in [5, 5.41) is 7.35. The third-order valence-electron chi connectivity index (χ3n) is 6.43. The summed E-state index contributed by atoms with van der Waals surface area (Å²) in [6.07, 6.45) is 2.97. The summed E-state index contributed by atoms with van der Waals surface area (Å²) in [5.74, 6) is 0.857. The van der Waals surface area contributed by atoms with Crippen molar-refractivity contribution in [2.24, 2.45) is 0 Å². The fourth-order valence-electron chi connectivity index (χ4n) is 4.72. The van der Waals surface area contributed by atoms with Gasteiger partial charge in [-0.3, -0.25) is 0 Å². The van der Waals surface area contributed by atoms with Crippen molar-refractivity contribution in [3.63, 3.8) is 0 Å². The molecule has 2 heterocycles. The Labute approximate surface area is 186 Å². The van der Waals surface area contributed by atoms with Crippen LogP contribution in [0.3, 0.4) is 0 Å². The van der Waals surface area contributed by atoms with Gasteiger partial charge in [0.15, 0.2) is 0 Å². The molecule has 7 heteroatoms. The van der Waals surface area contributed by atoms with E-state index in [1.165, 1.54) is 9.87 Å². The molecule has 168 valence electrons. The first kappa shape index (κ1) is 22.3. The van der Waals surface area contributed by atoms with Crippen LogP contribution in [0.1, 0.15) is 48.1 Å². The predicted octanol–water partition coefficient (Wildman–Crippen LogP) is 3.15. The summed E-state index contributed by atoms with van der Waals surface area (Å²) in [6.45, 7) is 5.50. The van der Waals surface area contributed by atoms with Gasteiger partial charge < -0.3 is 15.4 Å². The van der Waals surface area contributed by atoms with E-state index >= 15 is 0 Å². The molecule has 2 N–H and O–H groups in total. The first-order valence-electron chi connectivity index (χ1n) is 11.0. The number of hydrogen-bond donors (Lipinski definition) is 2. The fraction of sp³-hybridized carbons (Fsp3) is 0.500. The summed E-state index contributed by atoms with van der Waals surface area (Å²) >= 11 is 0. The van der Waals surface area contributed by atoms with Crippen molar-refractivity contribution in [2.75, 3.05) is 20.6 Å². The van der Waals surface area contributed by atoms with Gasteiger partial charge in [-0.2, -0.15) is 0 Å². The molecule has 1 fully saturated rings. The van der Waals surface area contributed by atoms with E-state index in [2.05, 4.69) is 34.9 Å². The van der Waals surface area contributed by atoms with Crippen LogP contribution in [-0.2, 0) is 23.0 Å². The normalized spacial score (nSPS) is 23.6. The summed E-state index contributed by atoms with van der Waals surface area (Å²) < 4.78 is 33.4. The molecule has 2 aromatic rings. The van der Waals surface area contributed by atoms with E-state index in [0.29, 0.717) is 11.4 Å². The summed E-state index contributed by atoms with van der Waals surface area (Å²) in [6, 6.07) is 12.8. The molecule has 2 aliphatic heterocycles. The second-order valence-corrected chi connectivity index (χ2v) is 11.0. The molecular weight excluding hydrogens is 410 g/mol. The highest BCUT2D eigenvalue weighted by molar-refractivity contribution is 7.89. The predicted molar refractivity (Wildman–Crippen MR) is 123 cm³/mol. The van der Waals surface area contributed by atoms with Crippen molar-refractivity contribution in [1.82, 2.24) is 14.9 Å². The van der Waals surface area contributed by atoms with E-state index in [1.54, 1.807) is 14.1 Å². The lowest BCUT2D eigenvalue weighted by Crippen LogP contribution is -2.45. The molecule has 0 bridgehead atoms. The van der Waals surface area contributed by atoms with Gasteiger partial charge in [0.05, 0.1) is 4.90 Å². The van der Waals surface area contributed by atoms with E-state index in [0.717, 1.165) is 48.2 Å². The molecule has 2 aliphatic rings. The fourth-order valence-corrected chi connectivity index (χ4v) is 5.92. The molecule has 2 aromatic carbocycles. The number of nitrogens with one attached hydrogen (secondary N) is 2. The topological polar surface area (TPSA) is 70.7 Å². The minimum atomic E-state index is -3.53. The number of benzene rings is 2. The maximum Gasteiger partial charge on any atom is 0.242 e. The molecular formula is C24H33N3O3S. The van der Waals surface area contributed by atoms with Crippen LogP contribution in [-0.4, -0.2) is 45.5 Å². The zero-order valence-electron chi connectivity index (χ0n) is 18.8. The summed E-state index contributed by atoms with van der Waals surface area (Å²) in [7, 11) is -0.367. The van der Waals surface area contributed by atoms with E-state index in [4.69, 9.17) is 4.74 Å². The highest BCUT2D eigenvalue weighted by Crippen LogP contribution is 2.39. The molecule has 0 aliphatic carbocycles. The Balaban J connectivity index is 1.64. The first-order chi connectivity index (χ1) is 14.8. The molecule has 31 heavy (non-hydrogen) atoms. The second kappa shape index (κ2) is 8.90. The minimum Gasteiger partial charge on any atom is -0.490 e. The number of piperidine rings is 1. The highest BCUT2D eigenvalue weighted by Gasteiger charge is 2.32.